The number of hydrogen-bond donors (Lipinski definition) is 1. The molecule has 0 aromatic heterocycles. The van der Waals surface area contributed by atoms with Gasteiger partial charge in [-0.25, -0.2) is 0 Å². The maximum absolute atomic E-state index is 8.95. The minimum atomic E-state index is 0. The molecule has 0 radical (unpaired) electrons. The number of quaternary nitrogens is 1. The molecular formula is C25H32Cl2N4. The molecule has 1 saturated heterocycles. The van der Waals surface area contributed by atoms with Gasteiger partial charge in [-0.15, -0.1) is 12.4 Å². The van der Waals surface area contributed by atoms with E-state index in [9.17, 15) is 0 Å². The molecule has 31 heavy (non-hydrogen) atoms. The summed E-state index contributed by atoms with van der Waals surface area (Å²) in [6.07, 6.45) is 6.76. The molecule has 0 unspecified atom stereocenters. The van der Waals surface area contributed by atoms with Crippen LogP contribution in [0.15, 0.2) is 48.5 Å². The third-order valence-corrected chi connectivity index (χ3v) is 6.19. The maximum atomic E-state index is 8.95. The monoisotopic (exact) mass is 458 g/mol. The Morgan fingerprint density at radius 3 is 1.68 bits per heavy atom. The highest BCUT2D eigenvalue weighted by Gasteiger charge is 2.32. The van der Waals surface area contributed by atoms with Crippen molar-refractivity contribution in [3.8, 4) is 12.1 Å². The Morgan fingerprint density at radius 1 is 0.839 bits per heavy atom. The quantitative estimate of drug-likeness (QED) is 0.606. The van der Waals surface area contributed by atoms with E-state index in [0.717, 1.165) is 54.3 Å². The number of piperidine rings is 1. The molecule has 4 nitrogen and oxygen atoms in total. The molecule has 1 aliphatic heterocycles. The van der Waals surface area contributed by atoms with Gasteiger partial charge in [-0.3, -0.25) is 0 Å². The van der Waals surface area contributed by atoms with Gasteiger partial charge in [-0.05, 0) is 61.1 Å². The van der Waals surface area contributed by atoms with Gasteiger partial charge < -0.3 is 22.6 Å². The van der Waals surface area contributed by atoms with Crippen LogP contribution in [0.2, 0.25) is 0 Å². The fraction of sp³-hybridized carbons (Fsp3) is 0.440. The number of aryl methyl sites for hydroxylation is 2. The van der Waals surface area contributed by atoms with E-state index in [-0.39, 0.29) is 24.8 Å². The van der Waals surface area contributed by atoms with Crippen LogP contribution in [0.1, 0.15) is 47.9 Å². The van der Waals surface area contributed by atoms with Crippen molar-refractivity contribution in [3.05, 3.63) is 70.8 Å². The van der Waals surface area contributed by atoms with Crippen LogP contribution in [0.25, 0.3) is 0 Å². The van der Waals surface area contributed by atoms with Gasteiger partial charge in [-0.1, -0.05) is 24.3 Å². The molecule has 1 heterocycles. The molecule has 2 N–H and O–H groups in total. The predicted molar refractivity (Wildman–Crippen MR) is 123 cm³/mol. The summed E-state index contributed by atoms with van der Waals surface area (Å²) in [5, 5.41) is 17.9. The zero-order valence-electron chi connectivity index (χ0n) is 18.0. The summed E-state index contributed by atoms with van der Waals surface area (Å²) >= 11 is 0. The van der Waals surface area contributed by atoms with Gasteiger partial charge in [0.2, 0.25) is 0 Å². The molecule has 2 aromatic carbocycles. The van der Waals surface area contributed by atoms with E-state index < -0.39 is 0 Å². The van der Waals surface area contributed by atoms with Gasteiger partial charge in [0.15, 0.2) is 0 Å². The third-order valence-electron chi connectivity index (χ3n) is 6.19. The molecule has 3 rings (SSSR count). The van der Waals surface area contributed by atoms with Crippen molar-refractivity contribution in [3.63, 3.8) is 0 Å². The number of nitrogens with two attached hydrogens (primary N) is 1. The standard InChI is InChI=1S/C25H31N4.2ClH/c26-18-23-11-7-21(8-12-23)4-1-15-29(17-3-6-25(28)20-29)16-2-5-22-9-13-24(19-27)14-10-22;;/h7-14,25H,1-6,15-17,20,28H2;2*1H/q+1;;/p-1/t25-;;/m0../s1. The van der Waals surface area contributed by atoms with Crippen LogP contribution >= 0.6 is 12.4 Å². The lowest BCUT2D eigenvalue weighted by atomic mass is 9.99. The molecule has 0 aliphatic carbocycles. The number of hydrogen-bond acceptors (Lipinski definition) is 3. The second-order valence-corrected chi connectivity index (χ2v) is 8.42. The molecule has 166 valence electrons. The van der Waals surface area contributed by atoms with Crippen molar-refractivity contribution in [2.45, 2.75) is 44.6 Å². The number of nitriles is 2. The van der Waals surface area contributed by atoms with Gasteiger partial charge in [0.1, 0.15) is 0 Å². The summed E-state index contributed by atoms with van der Waals surface area (Å²) in [7, 11) is 0. The summed E-state index contributed by atoms with van der Waals surface area (Å²) in [4.78, 5) is 0. The molecule has 1 aliphatic rings. The van der Waals surface area contributed by atoms with Crippen molar-refractivity contribution in [1.82, 2.24) is 0 Å². The van der Waals surface area contributed by atoms with Crippen LogP contribution < -0.4 is 18.1 Å². The fourth-order valence-electron chi connectivity index (χ4n) is 4.62. The van der Waals surface area contributed by atoms with Crippen molar-refractivity contribution < 1.29 is 16.9 Å². The Hall–Kier alpha value is -2.08. The molecule has 2 aromatic rings. The van der Waals surface area contributed by atoms with E-state index in [2.05, 4.69) is 36.4 Å². The number of likely N-dealkylation sites (tertiary alicyclic amines) is 1. The molecular weight excluding hydrogens is 427 g/mol. The van der Waals surface area contributed by atoms with E-state index in [0.29, 0.717) is 6.04 Å². The van der Waals surface area contributed by atoms with Crippen molar-refractivity contribution in [2.75, 3.05) is 26.2 Å². The van der Waals surface area contributed by atoms with E-state index in [1.54, 1.807) is 0 Å². The first-order chi connectivity index (χ1) is 14.1. The Bertz CT molecular complexity index is 803. The lowest BCUT2D eigenvalue weighted by Crippen LogP contribution is -3.00. The van der Waals surface area contributed by atoms with Gasteiger partial charge in [0.05, 0.1) is 55.5 Å². The largest absolute Gasteiger partial charge is 1.00 e. The minimum absolute atomic E-state index is 0. The van der Waals surface area contributed by atoms with Crippen LogP contribution in [0, 0.1) is 22.7 Å². The van der Waals surface area contributed by atoms with Crippen molar-refractivity contribution in [2.24, 2.45) is 5.73 Å². The average Bonchev–Trinajstić information content (AvgIpc) is 2.75. The van der Waals surface area contributed by atoms with Gasteiger partial charge in [0.25, 0.3) is 0 Å². The third kappa shape index (κ3) is 8.17. The van der Waals surface area contributed by atoms with Crippen molar-refractivity contribution in [1.29, 1.82) is 10.5 Å². The van der Waals surface area contributed by atoms with E-state index in [1.165, 1.54) is 37.2 Å². The summed E-state index contributed by atoms with van der Waals surface area (Å²) < 4.78 is 1.13. The number of rotatable bonds is 8. The second-order valence-electron chi connectivity index (χ2n) is 8.42. The summed E-state index contributed by atoms with van der Waals surface area (Å²) in [6, 6.07) is 20.6. The minimum Gasteiger partial charge on any atom is -1.00 e. The first-order valence-electron chi connectivity index (χ1n) is 10.7. The molecule has 1 atom stereocenters. The fourth-order valence-corrected chi connectivity index (χ4v) is 4.62. The van der Waals surface area contributed by atoms with Crippen LogP contribution in [-0.4, -0.2) is 36.7 Å². The highest BCUT2D eigenvalue weighted by atomic mass is 35.5. The Kier molecular flexibility index (Phi) is 11.6. The maximum Gasteiger partial charge on any atom is 0.0991 e. The van der Waals surface area contributed by atoms with Gasteiger partial charge >= 0.3 is 0 Å². The van der Waals surface area contributed by atoms with E-state index >= 15 is 0 Å². The first-order valence-corrected chi connectivity index (χ1v) is 10.7. The predicted octanol–water partition coefficient (Wildman–Crippen LogP) is 1.36. The lowest BCUT2D eigenvalue weighted by Gasteiger charge is -2.44. The highest BCUT2D eigenvalue weighted by Crippen LogP contribution is 2.22. The van der Waals surface area contributed by atoms with Gasteiger partial charge in [-0.2, -0.15) is 10.5 Å². The van der Waals surface area contributed by atoms with Crippen LogP contribution in [0.3, 0.4) is 0 Å². The Labute approximate surface area is 199 Å². The normalized spacial score (nSPS) is 16.8. The van der Waals surface area contributed by atoms with Crippen LogP contribution in [-0.2, 0) is 12.8 Å². The van der Waals surface area contributed by atoms with E-state index in [1.807, 2.05) is 24.3 Å². The first kappa shape index (κ1) is 27.0. The highest BCUT2D eigenvalue weighted by molar-refractivity contribution is 5.85. The summed E-state index contributed by atoms with van der Waals surface area (Å²) in [6.45, 7) is 4.65. The SMILES string of the molecule is Cl.N#Cc1ccc(CCC[N+]2(CCCc3ccc(C#N)cc3)CCC[C@H](N)C2)cc1.[Cl-]. The molecule has 0 saturated carbocycles. The number of halogens is 2. The molecule has 0 bridgehead atoms. The molecule has 1 fully saturated rings. The van der Waals surface area contributed by atoms with Crippen LogP contribution in [0.5, 0.6) is 0 Å². The number of nitrogens with zero attached hydrogens (tertiary/aromatic N) is 3. The lowest BCUT2D eigenvalue weighted by molar-refractivity contribution is -0.933. The smallest absolute Gasteiger partial charge is 0.0991 e. The summed E-state index contributed by atoms with van der Waals surface area (Å²) in [5.41, 5.74) is 10.4. The van der Waals surface area contributed by atoms with E-state index in [4.69, 9.17) is 16.3 Å². The topological polar surface area (TPSA) is 73.6 Å². The second kappa shape index (κ2) is 13.4. The molecule has 0 spiro atoms. The molecule has 6 heteroatoms. The average molecular weight is 459 g/mol. The Morgan fingerprint density at radius 2 is 1.29 bits per heavy atom. The Balaban J connectivity index is 0.00000240. The zero-order valence-corrected chi connectivity index (χ0v) is 19.5. The van der Waals surface area contributed by atoms with Crippen molar-refractivity contribution >= 4 is 12.4 Å². The zero-order chi connectivity index (χ0) is 20.5. The summed E-state index contributed by atoms with van der Waals surface area (Å²) in [5.74, 6) is 0. The van der Waals surface area contributed by atoms with Crippen LogP contribution in [0.4, 0.5) is 0 Å². The molecule has 0 amide bonds. The number of benzene rings is 2. The van der Waals surface area contributed by atoms with Gasteiger partial charge in [0, 0.05) is 12.8 Å².